The molecule has 1 aliphatic carbocycles. The third-order valence-electron chi connectivity index (χ3n) is 8.19. The minimum Gasteiger partial charge on any atom is -0.381 e. The van der Waals surface area contributed by atoms with Gasteiger partial charge >= 0.3 is 0 Å². The van der Waals surface area contributed by atoms with Crippen LogP contribution in [0.15, 0.2) is 24.5 Å². The first-order chi connectivity index (χ1) is 17.8. The largest absolute Gasteiger partial charge is 0.381 e. The van der Waals surface area contributed by atoms with Crippen LogP contribution in [0, 0.1) is 11.8 Å². The van der Waals surface area contributed by atoms with E-state index < -0.39 is 11.5 Å². The van der Waals surface area contributed by atoms with Crippen LogP contribution >= 0.6 is 0 Å². The lowest BCUT2D eigenvalue weighted by Crippen LogP contribution is -2.49. The van der Waals surface area contributed by atoms with Crippen molar-refractivity contribution in [3.63, 3.8) is 0 Å². The molecule has 2 aliphatic heterocycles. The zero-order valence-electron chi connectivity index (χ0n) is 21.8. The number of anilines is 2. The number of carbonyl (C=O) groups is 3. The molecule has 1 saturated carbocycles. The molecule has 1 saturated heterocycles. The third kappa shape index (κ3) is 4.86. The van der Waals surface area contributed by atoms with Crippen LogP contribution in [0.4, 0.5) is 11.5 Å². The lowest BCUT2D eigenvalue weighted by molar-refractivity contribution is -0.124. The summed E-state index contributed by atoms with van der Waals surface area (Å²) in [4.78, 5) is 44.2. The minimum absolute atomic E-state index is 0.0170. The molecule has 5 rings (SSSR count). The van der Waals surface area contributed by atoms with Crippen molar-refractivity contribution in [2.24, 2.45) is 11.8 Å². The molecule has 0 bridgehead atoms. The molecule has 3 N–H and O–H groups in total. The van der Waals surface area contributed by atoms with Gasteiger partial charge in [-0.3, -0.25) is 19.1 Å². The number of nitrogens with one attached hydrogen (secondary N) is 3. The lowest BCUT2D eigenvalue weighted by Gasteiger charge is -2.32. The van der Waals surface area contributed by atoms with Gasteiger partial charge in [0.2, 0.25) is 11.8 Å². The maximum atomic E-state index is 13.6. The van der Waals surface area contributed by atoms with E-state index in [2.05, 4.69) is 33.0 Å². The number of rotatable bonds is 6. The van der Waals surface area contributed by atoms with E-state index in [1.165, 1.54) is 0 Å². The monoisotopic (exact) mass is 508 g/mol. The summed E-state index contributed by atoms with van der Waals surface area (Å²) < 4.78 is 7.12. The van der Waals surface area contributed by atoms with Gasteiger partial charge in [0.15, 0.2) is 0 Å². The standard InChI is InChI=1S/C27H36N6O4/c1-16(2)33-21(8-11-29-33)24(34)32-23(18-6-4-17(3)5-7-18)25(35)31-22-14-20-19(15-28-22)27(26(36)30-20)9-12-37-13-10-27/h8,11,14-18,23H,4-7,9-10,12-13H2,1-3H3,(H,30,36)(H,32,34)(H,28,31,35)/t17-,18-,23-/m0/s1. The lowest BCUT2D eigenvalue weighted by atomic mass is 9.76. The predicted octanol–water partition coefficient (Wildman–Crippen LogP) is 3.42. The Hall–Kier alpha value is -3.27. The average molecular weight is 509 g/mol. The molecular formula is C27H36N6O4. The molecule has 10 heteroatoms. The molecule has 3 aliphatic rings. The molecule has 0 radical (unpaired) electrons. The van der Waals surface area contributed by atoms with E-state index in [4.69, 9.17) is 4.74 Å². The smallest absolute Gasteiger partial charge is 0.270 e. The number of ether oxygens (including phenoxy) is 1. The number of fused-ring (bicyclic) bond motifs is 2. The van der Waals surface area contributed by atoms with Gasteiger partial charge in [0.05, 0.1) is 11.1 Å². The first-order valence-corrected chi connectivity index (χ1v) is 13.3. The van der Waals surface area contributed by atoms with Gasteiger partial charge in [-0.25, -0.2) is 4.98 Å². The molecule has 4 heterocycles. The van der Waals surface area contributed by atoms with Crippen LogP contribution in [-0.4, -0.2) is 51.7 Å². The zero-order chi connectivity index (χ0) is 26.2. The second-order valence-electron chi connectivity index (χ2n) is 11.0. The summed E-state index contributed by atoms with van der Waals surface area (Å²) >= 11 is 0. The highest BCUT2D eigenvalue weighted by Crippen LogP contribution is 2.44. The Labute approximate surface area is 216 Å². The van der Waals surface area contributed by atoms with E-state index in [9.17, 15) is 14.4 Å². The van der Waals surface area contributed by atoms with Crippen molar-refractivity contribution in [3.05, 3.63) is 35.8 Å². The number of hydrogen-bond donors (Lipinski definition) is 3. The summed E-state index contributed by atoms with van der Waals surface area (Å²) in [6.45, 7) is 7.20. The Bertz CT molecular complexity index is 1180. The molecule has 3 amide bonds. The van der Waals surface area contributed by atoms with Gasteiger partial charge < -0.3 is 20.7 Å². The Morgan fingerprint density at radius 2 is 1.92 bits per heavy atom. The molecule has 37 heavy (non-hydrogen) atoms. The summed E-state index contributed by atoms with van der Waals surface area (Å²) in [6, 6.07) is 2.69. The summed E-state index contributed by atoms with van der Waals surface area (Å²) in [5.41, 5.74) is 1.34. The van der Waals surface area contributed by atoms with E-state index in [0.29, 0.717) is 49.2 Å². The third-order valence-corrected chi connectivity index (χ3v) is 8.19. The average Bonchev–Trinajstić information content (AvgIpc) is 3.47. The van der Waals surface area contributed by atoms with Crippen molar-refractivity contribution in [1.82, 2.24) is 20.1 Å². The van der Waals surface area contributed by atoms with Crippen molar-refractivity contribution in [3.8, 4) is 0 Å². The summed E-state index contributed by atoms with van der Waals surface area (Å²) in [7, 11) is 0. The van der Waals surface area contributed by atoms with E-state index in [0.717, 1.165) is 31.2 Å². The summed E-state index contributed by atoms with van der Waals surface area (Å²) in [5, 5.41) is 13.1. The van der Waals surface area contributed by atoms with Gasteiger partial charge in [-0.2, -0.15) is 5.10 Å². The van der Waals surface area contributed by atoms with Gasteiger partial charge in [0, 0.05) is 43.3 Å². The van der Waals surface area contributed by atoms with Gasteiger partial charge in [0.1, 0.15) is 17.6 Å². The van der Waals surface area contributed by atoms with Crippen molar-refractivity contribution in [2.75, 3.05) is 23.8 Å². The Morgan fingerprint density at radius 3 is 2.62 bits per heavy atom. The SMILES string of the molecule is CC(C)n1nccc1C(=O)N[C@H](C(=O)Nc1cc2c(cn1)C1(CCOCC1)C(=O)N2)[C@H]1CC[C@H](C)CC1. The van der Waals surface area contributed by atoms with Crippen LogP contribution in [-0.2, 0) is 19.7 Å². The Balaban J connectivity index is 1.36. The fourth-order valence-electron chi connectivity index (χ4n) is 5.93. The van der Waals surface area contributed by atoms with Gasteiger partial charge in [0.25, 0.3) is 5.91 Å². The predicted molar refractivity (Wildman–Crippen MR) is 138 cm³/mol. The van der Waals surface area contributed by atoms with Gasteiger partial charge in [-0.15, -0.1) is 0 Å². The molecule has 1 atom stereocenters. The molecule has 0 aromatic carbocycles. The quantitative estimate of drug-likeness (QED) is 0.549. The summed E-state index contributed by atoms with van der Waals surface area (Å²) in [5.74, 6) is 0.317. The number of nitrogens with zero attached hydrogens (tertiary/aromatic N) is 3. The fraction of sp³-hybridized carbons (Fsp3) is 0.593. The molecule has 2 aromatic heterocycles. The molecular weight excluding hydrogens is 472 g/mol. The van der Waals surface area contributed by atoms with Crippen molar-refractivity contribution < 1.29 is 19.1 Å². The maximum absolute atomic E-state index is 13.6. The molecule has 0 unspecified atom stereocenters. The topological polar surface area (TPSA) is 127 Å². The molecule has 2 aromatic rings. The number of hydrogen-bond acceptors (Lipinski definition) is 6. The van der Waals surface area contributed by atoms with E-state index in [1.807, 2.05) is 13.8 Å². The van der Waals surface area contributed by atoms with Gasteiger partial charge in [-0.1, -0.05) is 19.8 Å². The molecule has 10 nitrogen and oxygen atoms in total. The van der Waals surface area contributed by atoms with Crippen LogP contribution < -0.4 is 16.0 Å². The van der Waals surface area contributed by atoms with E-state index in [1.54, 1.807) is 29.2 Å². The Kier molecular flexibility index (Phi) is 7.02. The molecule has 198 valence electrons. The fourth-order valence-corrected chi connectivity index (χ4v) is 5.93. The van der Waals surface area contributed by atoms with Gasteiger partial charge in [-0.05, 0) is 57.4 Å². The van der Waals surface area contributed by atoms with E-state index in [-0.39, 0.29) is 29.7 Å². The van der Waals surface area contributed by atoms with Crippen LogP contribution in [0.25, 0.3) is 0 Å². The van der Waals surface area contributed by atoms with Crippen LogP contribution in [0.3, 0.4) is 0 Å². The number of carbonyl (C=O) groups excluding carboxylic acids is 3. The number of aromatic nitrogens is 3. The maximum Gasteiger partial charge on any atom is 0.270 e. The highest BCUT2D eigenvalue weighted by atomic mass is 16.5. The first kappa shape index (κ1) is 25.4. The minimum atomic E-state index is -0.706. The van der Waals surface area contributed by atoms with Crippen molar-refractivity contribution >= 4 is 29.2 Å². The van der Waals surface area contributed by atoms with Crippen LogP contribution in [0.1, 0.15) is 81.4 Å². The summed E-state index contributed by atoms with van der Waals surface area (Å²) in [6.07, 6.45) is 8.26. The van der Waals surface area contributed by atoms with Crippen LogP contribution in [0.5, 0.6) is 0 Å². The zero-order valence-corrected chi connectivity index (χ0v) is 21.8. The first-order valence-electron chi connectivity index (χ1n) is 13.3. The van der Waals surface area contributed by atoms with Crippen LogP contribution in [0.2, 0.25) is 0 Å². The highest BCUT2D eigenvalue weighted by Gasteiger charge is 2.48. The van der Waals surface area contributed by atoms with E-state index >= 15 is 0 Å². The second kappa shape index (κ2) is 10.2. The number of amides is 3. The number of pyridine rings is 1. The Morgan fingerprint density at radius 1 is 1.19 bits per heavy atom. The highest BCUT2D eigenvalue weighted by molar-refractivity contribution is 6.07. The van der Waals surface area contributed by atoms with Crippen molar-refractivity contribution in [2.45, 2.75) is 76.8 Å². The normalized spacial score (nSPS) is 23.4. The molecule has 1 spiro atoms. The van der Waals surface area contributed by atoms with Crippen molar-refractivity contribution in [1.29, 1.82) is 0 Å². The second-order valence-corrected chi connectivity index (χ2v) is 11.0. The molecule has 2 fully saturated rings.